The van der Waals surface area contributed by atoms with Crippen LogP contribution in [0.3, 0.4) is 0 Å². The second kappa shape index (κ2) is 7.41. The zero-order valence-corrected chi connectivity index (χ0v) is 14.2. The molecular weight excluding hydrogens is 266 g/mol. The van der Waals surface area contributed by atoms with Crippen molar-refractivity contribution in [3.63, 3.8) is 0 Å². The lowest BCUT2D eigenvalue weighted by Gasteiger charge is -2.22. The monoisotopic (exact) mass is 295 g/mol. The molecule has 0 saturated heterocycles. The van der Waals surface area contributed by atoms with Gasteiger partial charge in [-0.3, -0.25) is 0 Å². The third kappa shape index (κ3) is 4.19. The van der Waals surface area contributed by atoms with E-state index in [0.717, 1.165) is 31.5 Å². The molecular formula is C16H29N3S. The topological polar surface area (TPSA) is 28.2 Å². The first-order valence-electron chi connectivity index (χ1n) is 8.11. The van der Waals surface area contributed by atoms with Gasteiger partial charge in [-0.05, 0) is 38.1 Å². The molecule has 1 N–H and O–H groups in total. The second-order valence-electron chi connectivity index (χ2n) is 6.11. The maximum atomic E-state index is 4.93. The Bertz CT molecular complexity index is 410. The van der Waals surface area contributed by atoms with Crippen LogP contribution in [0.15, 0.2) is 0 Å². The van der Waals surface area contributed by atoms with Crippen LogP contribution in [0, 0.1) is 5.92 Å². The molecule has 1 fully saturated rings. The number of rotatable bonds is 9. The highest BCUT2D eigenvalue weighted by molar-refractivity contribution is 7.15. The van der Waals surface area contributed by atoms with Gasteiger partial charge in [-0.25, -0.2) is 4.98 Å². The van der Waals surface area contributed by atoms with E-state index < -0.39 is 0 Å². The molecule has 1 aromatic heterocycles. The highest BCUT2D eigenvalue weighted by Crippen LogP contribution is 2.36. The van der Waals surface area contributed by atoms with E-state index in [0.29, 0.717) is 0 Å². The molecule has 114 valence electrons. The van der Waals surface area contributed by atoms with Crippen molar-refractivity contribution in [3.05, 3.63) is 10.6 Å². The van der Waals surface area contributed by atoms with Crippen LogP contribution in [0.2, 0.25) is 0 Å². The van der Waals surface area contributed by atoms with Crippen molar-refractivity contribution in [2.75, 3.05) is 18.0 Å². The number of aryl methyl sites for hydroxylation is 1. The first-order valence-corrected chi connectivity index (χ1v) is 8.93. The Morgan fingerprint density at radius 3 is 2.65 bits per heavy atom. The van der Waals surface area contributed by atoms with Gasteiger partial charge in [0.1, 0.15) is 0 Å². The lowest BCUT2D eigenvalue weighted by Crippen LogP contribution is -2.27. The zero-order valence-electron chi connectivity index (χ0n) is 13.4. The Hall–Kier alpha value is -0.610. The number of hydrogen-bond acceptors (Lipinski definition) is 4. The van der Waals surface area contributed by atoms with Gasteiger partial charge in [0, 0.05) is 24.0 Å². The van der Waals surface area contributed by atoms with E-state index in [1.807, 2.05) is 11.3 Å². The van der Waals surface area contributed by atoms with Gasteiger partial charge in [-0.1, -0.05) is 27.7 Å². The fraction of sp³-hybridized carbons (Fsp3) is 0.812. The Labute approximate surface area is 127 Å². The summed E-state index contributed by atoms with van der Waals surface area (Å²) in [6.45, 7) is 12.1. The minimum absolute atomic E-state index is 0.761. The molecule has 0 bridgehead atoms. The molecule has 1 aliphatic carbocycles. The van der Waals surface area contributed by atoms with E-state index >= 15 is 0 Å². The van der Waals surface area contributed by atoms with E-state index in [1.165, 1.54) is 41.5 Å². The van der Waals surface area contributed by atoms with Crippen LogP contribution in [0.5, 0.6) is 0 Å². The van der Waals surface area contributed by atoms with Gasteiger partial charge in [0.05, 0.1) is 5.69 Å². The second-order valence-corrected chi connectivity index (χ2v) is 7.17. The summed E-state index contributed by atoms with van der Waals surface area (Å²) in [5, 5.41) is 4.70. The van der Waals surface area contributed by atoms with Crippen LogP contribution in [-0.4, -0.2) is 24.1 Å². The summed E-state index contributed by atoms with van der Waals surface area (Å²) < 4.78 is 0. The van der Waals surface area contributed by atoms with Gasteiger partial charge in [0.2, 0.25) is 0 Å². The summed E-state index contributed by atoms with van der Waals surface area (Å²) in [6, 6.07) is 0.761. The van der Waals surface area contributed by atoms with Gasteiger partial charge >= 0.3 is 0 Å². The molecule has 0 aromatic carbocycles. The molecule has 2 rings (SSSR count). The summed E-state index contributed by atoms with van der Waals surface area (Å²) in [6.07, 6.45) is 5.00. The van der Waals surface area contributed by atoms with E-state index in [4.69, 9.17) is 4.98 Å². The molecule has 1 heterocycles. The number of nitrogens with zero attached hydrogens (tertiary/aromatic N) is 2. The maximum absolute atomic E-state index is 4.93. The van der Waals surface area contributed by atoms with Crippen LogP contribution in [0.4, 0.5) is 5.13 Å². The summed E-state index contributed by atoms with van der Waals surface area (Å²) in [5.74, 6) is 0.767. The van der Waals surface area contributed by atoms with E-state index in [-0.39, 0.29) is 0 Å². The lowest BCUT2D eigenvalue weighted by atomic mass is 10.1. The first kappa shape index (κ1) is 15.8. The van der Waals surface area contributed by atoms with Crippen molar-refractivity contribution in [1.29, 1.82) is 0 Å². The highest BCUT2D eigenvalue weighted by atomic mass is 32.1. The Balaban J connectivity index is 2.09. The number of aromatic nitrogens is 1. The van der Waals surface area contributed by atoms with Crippen molar-refractivity contribution < 1.29 is 0 Å². The molecule has 0 aliphatic heterocycles. The molecule has 1 aromatic rings. The molecule has 1 aliphatic rings. The smallest absolute Gasteiger partial charge is 0.186 e. The zero-order chi connectivity index (χ0) is 14.5. The predicted molar refractivity (Wildman–Crippen MR) is 88.7 cm³/mol. The third-order valence-electron chi connectivity index (χ3n) is 3.82. The standard InChI is InChI=1S/C16H29N3S/c1-5-14-15(11-17-6-2)20-16(18-14)19(13-7-8-13)10-9-12(3)4/h12-13,17H,5-11H2,1-4H3. The lowest BCUT2D eigenvalue weighted by molar-refractivity contribution is 0.570. The van der Waals surface area contributed by atoms with E-state index in [1.54, 1.807) is 0 Å². The van der Waals surface area contributed by atoms with Crippen molar-refractivity contribution in [2.24, 2.45) is 5.92 Å². The Kier molecular flexibility index (Phi) is 5.85. The molecule has 3 nitrogen and oxygen atoms in total. The van der Waals surface area contributed by atoms with Crippen molar-refractivity contribution in [2.45, 2.75) is 66.0 Å². The highest BCUT2D eigenvalue weighted by Gasteiger charge is 2.31. The summed E-state index contributed by atoms with van der Waals surface area (Å²) in [7, 11) is 0. The van der Waals surface area contributed by atoms with Gasteiger partial charge in [0.15, 0.2) is 5.13 Å². The number of hydrogen-bond donors (Lipinski definition) is 1. The van der Waals surface area contributed by atoms with Crippen LogP contribution < -0.4 is 10.2 Å². The molecule has 20 heavy (non-hydrogen) atoms. The molecule has 0 atom stereocenters. The molecule has 0 spiro atoms. The van der Waals surface area contributed by atoms with Gasteiger partial charge in [0.25, 0.3) is 0 Å². The van der Waals surface area contributed by atoms with Crippen LogP contribution >= 0.6 is 11.3 Å². The minimum Gasteiger partial charge on any atom is -0.345 e. The summed E-state index contributed by atoms with van der Waals surface area (Å²) in [4.78, 5) is 8.92. The number of thiazole rings is 1. The van der Waals surface area contributed by atoms with Gasteiger partial charge < -0.3 is 10.2 Å². The van der Waals surface area contributed by atoms with Crippen LogP contribution in [0.1, 0.15) is 57.5 Å². The number of nitrogens with one attached hydrogen (secondary N) is 1. The van der Waals surface area contributed by atoms with Crippen molar-refractivity contribution in [1.82, 2.24) is 10.3 Å². The first-order chi connectivity index (χ1) is 9.65. The van der Waals surface area contributed by atoms with E-state index in [2.05, 4.69) is 37.9 Å². The normalized spacial score (nSPS) is 15.1. The van der Waals surface area contributed by atoms with Gasteiger partial charge in [-0.2, -0.15) is 0 Å². The largest absolute Gasteiger partial charge is 0.345 e. The molecule has 0 amide bonds. The summed E-state index contributed by atoms with van der Waals surface area (Å²) >= 11 is 1.90. The minimum atomic E-state index is 0.761. The van der Waals surface area contributed by atoms with E-state index in [9.17, 15) is 0 Å². The molecule has 0 radical (unpaired) electrons. The summed E-state index contributed by atoms with van der Waals surface area (Å²) in [5.41, 5.74) is 1.29. The molecule has 4 heteroatoms. The Morgan fingerprint density at radius 1 is 1.35 bits per heavy atom. The van der Waals surface area contributed by atoms with Gasteiger partial charge in [-0.15, -0.1) is 11.3 Å². The molecule has 0 unspecified atom stereocenters. The quantitative estimate of drug-likeness (QED) is 0.750. The van der Waals surface area contributed by atoms with Crippen molar-refractivity contribution >= 4 is 16.5 Å². The van der Waals surface area contributed by atoms with Crippen LogP contribution in [-0.2, 0) is 13.0 Å². The average Bonchev–Trinajstić information content (AvgIpc) is 3.17. The average molecular weight is 295 g/mol. The maximum Gasteiger partial charge on any atom is 0.186 e. The number of anilines is 1. The van der Waals surface area contributed by atoms with Crippen LogP contribution in [0.25, 0.3) is 0 Å². The fourth-order valence-electron chi connectivity index (χ4n) is 2.36. The predicted octanol–water partition coefficient (Wildman–Crippen LogP) is 3.83. The fourth-order valence-corrected chi connectivity index (χ4v) is 3.58. The third-order valence-corrected chi connectivity index (χ3v) is 4.95. The SMILES string of the molecule is CCNCc1sc(N(CCC(C)C)C2CC2)nc1CC. The Morgan fingerprint density at radius 2 is 2.10 bits per heavy atom. The molecule has 1 saturated carbocycles. The van der Waals surface area contributed by atoms with Crippen molar-refractivity contribution in [3.8, 4) is 0 Å².